The molecular formula is C16H21N3O3S. The maximum Gasteiger partial charge on any atom is 0.224 e. The van der Waals surface area contributed by atoms with E-state index in [-0.39, 0.29) is 23.2 Å². The Labute approximate surface area is 136 Å². The average molecular weight is 335 g/mol. The Morgan fingerprint density at radius 3 is 2.70 bits per heavy atom. The molecular weight excluding hydrogens is 314 g/mol. The number of carbonyl (C=O) groups is 1. The lowest BCUT2D eigenvalue weighted by molar-refractivity contribution is -0.129. The van der Waals surface area contributed by atoms with Crippen molar-refractivity contribution in [2.45, 2.75) is 56.5 Å². The van der Waals surface area contributed by atoms with Crippen LogP contribution in [0.4, 0.5) is 0 Å². The number of fused-ring (bicyclic) bond motifs is 1. The van der Waals surface area contributed by atoms with E-state index in [0.717, 1.165) is 30.7 Å². The number of amides is 1. The molecule has 124 valence electrons. The number of nitrogens with zero attached hydrogens (tertiary/aromatic N) is 3. The second kappa shape index (κ2) is 5.27. The van der Waals surface area contributed by atoms with Crippen LogP contribution >= 0.6 is 0 Å². The molecule has 3 aliphatic rings. The minimum Gasteiger partial charge on any atom is -0.332 e. The van der Waals surface area contributed by atoms with Crippen LogP contribution in [0, 0.1) is 6.92 Å². The van der Waals surface area contributed by atoms with Crippen molar-refractivity contribution in [1.29, 1.82) is 0 Å². The smallest absolute Gasteiger partial charge is 0.224 e. The SMILES string of the molecule is Cc1cccc(CN2C(=O)C[C@H]3[C@H]2CCN3S(=O)(=O)C2CC2)n1. The molecule has 0 spiro atoms. The summed E-state index contributed by atoms with van der Waals surface area (Å²) in [6, 6.07) is 5.60. The van der Waals surface area contributed by atoms with E-state index < -0.39 is 10.0 Å². The highest BCUT2D eigenvalue weighted by atomic mass is 32.2. The van der Waals surface area contributed by atoms with Crippen LogP contribution in [-0.4, -0.2) is 52.4 Å². The second-order valence-corrected chi connectivity index (χ2v) is 8.94. The number of likely N-dealkylation sites (tertiary alicyclic amines) is 1. The monoisotopic (exact) mass is 335 g/mol. The fourth-order valence-corrected chi connectivity index (χ4v) is 5.90. The molecule has 7 heteroatoms. The molecule has 0 radical (unpaired) electrons. The summed E-state index contributed by atoms with van der Waals surface area (Å²) in [5.41, 5.74) is 1.79. The van der Waals surface area contributed by atoms with Crippen LogP contribution in [0.25, 0.3) is 0 Å². The number of pyridine rings is 1. The molecule has 1 saturated carbocycles. The van der Waals surface area contributed by atoms with Gasteiger partial charge < -0.3 is 4.90 Å². The number of aromatic nitrogens is 1. The van der Waals surface area contributed by atoms with E-state index in [1.807, 2.05) is 30.0 Å². The maximum absolute atomic E-state index is 12.5. The van der Waals surface area contributed by atoms with Crippen molar-refractivity contribution < 1.29 is 13.2 Å². The van der Waals surface area contributed by atoms with E-state index in [0.29, 0.717) is 19.5 Å². The summed E-state index contributed by atoms with van der Waals surface area (Å²) < 4.78 is 26.7. The molecule has 6 nitrogen and oxygen atoms in total. The van der Waals surface area contributed by atoms with Crippen molar-refractivity contribution in [2.24, 2.45) is 0 Å². The van der Waals surface area contributed by atoms with E-state index >= 15 is 0 Å². The van der Waals surface area contributed by atoms with Gasteiger partial charge in [0.2, 0.25) is 15.9 Å². The van der Waals surface area contributed by atoms with Gasteiger partial charge in [0.15, 0.2) is 0 Å². The van der Waals surface area contributed by atoms with Crippen LogP contribution in [0.3, 0.4) is 0 Å². The minimum absolute atomic E-state index is 0.00154. The summed E-state index contributed by atoms with van der Waals surface area (Å²) in [5, 5.41) is -0.205. The number of rotatable bonds is 4. The Kier molecular flexibility index (Phi) is 3.46. The first kappa shape index (κ1) is 15.1. The largest absolute Gasteiger partial charge is 0.332 e. The Bertz CT molecular complexity index is 745. The van der Waals surface area contributed by atoms with E-state index in [4.69, 9.17) is 0 Å². The second-order valence-electron chi connectivity index (χ2n) is 6.77. The zero-order chi connectivity index (χ0) is 16.2. The Morgan fingerprint density at radius 1 is 1.22 bits per heavy atom. The van der Waals surface area contributed by atoms with Crippen LogP contribution in [0.2, 0.25) is 0 Å². The quantitative estimate of drug-likeness (QED) is 0.825. The summed E-state index contributed by atoms with van der Waals surface area (Å²) in [7, 11) is -3.21. The number of sulfonamides is 1. The highest BCUT2D eigenvalue weighted by Crippen LogP contribution is 2.40. The zero-order valence-electron chi connectivity index (χ0n) is 13.2. The third-order valence-corrected chi connectivity index (χ3v) is 7.54. The van der Waals surface area contributed by atoms with Crippen molar-refractivity contribution in [3.05, 3.63) is 29.6 Å². The van der Waals surface area contributed by atoms with Gasteiger partial charge in [-0.1, -0.05) is 6.07 Å². The normalized spacial score (nSPS) is 28.4. The fourth-order valence-electron chi connectivity index (χ4n) is 3.83. The zero-order valence-corrected chi connectivity index (χ0v) is 14.0. The molecule has 0 aromatic carbocycles. The Balaban J connectivity index is 1.54. The molecule has 1 aromatic heterocycles. The molecule has 3 fully saturated rings. The molecule has 2 saturated heterocycles. The van der Waals surface area contributed by atoms with Crippen LogP contribution in [0.15, 0.2) is 18.2 Å². The molecule has 2 atom stereocenters. The molecule has 2 aliphatic heterocycles. The summed E-state index contributed by atoms with van der Waals surface area (Å²) >= 11 is 0. The van der Waals surface area contributed by atoms with Gasteiger partial charge in [0.25, 0.3) is 0 Å². The average Bonchev–Trinajstić information content (AvgIpc) is 3.21. The predicted molar refractivity (Wildman–Crippen MR) is 85.0 cm³/mol. The van der Waals surface area contributed by atoms with E-state index in [2.05, 4.69) is 4.98 Å². The minimum atomic E-state index is -3.21. The summed E-state index contributed by atoms with van der Waals surface area (Å²) in [5.74, 6) is 0.0407. The molecule has 4 rings (SSSR count). The van der Waals surface area contributed by atoms with Gasteiger partial charge in [0.05, 0.1) is 29.6 Å². The standard InChI is InChI=1S/C16H21N3O3S/c1-11-3-2-4-12(17-11)10-18-14-7-8-19(15(14)9-16(18)20)23(21,22)13-5-6-13/h2-4,13-15H,5-10H2,1H3/t14-,15+/m1/s1. The van der Waals surface area contributed by atoms with Crippen molar-refractivity contribution in [3.63, 3.8) is 0 Å². The molecule has 0 unspecified atom stereocenters. The van der Waals surface area contributed by atoms with Gasteiger partial charge in [0, 0.05) is 18.7 Å². The van der Waals surface area contributed by atoms with Gasteiger partial charge in [-0.25, -0.2) is 8.42 Å². The lowest BCUT2D eigenvalue weighted by atomic mass is 10.1. The van der Waals surface area contributed by atoms with Gasteiger partial charge in [-0.15, -0.1) is 0 Å². The highest BCUT2D eigenvalue weighted by Gasteiger charge is 2.53. The lowest BCUT2D eigenvalue weighted by Crippen LogP contribution is -2.41. The first-order valence-corrected chi connectivity index (χ1v) is 9.70. The molecule has 23 heavy (non-hydrogen) atoms. The van der Waals surface area contributed by atoms with Gasteiger partial charge in [-0.3, -0.25) is 9.78 Å². The van der Waals surface area contributed by atoms with E-state index in [9.17, 15) is 13.2 Å². The predicted octanol–water partition coefficient (Wildman–Crippen LogP) is 1.06. The molecule has 1 amide bonds. The van der Waals surface area contributed by atoms with Crippen LogP contribution < -0.4 is 0 Å². The number of hydrogen-bond donors (Lipinski definition) is 0. The third-order valence-electron chi connectivity index (χ3n) is 5.11. The molecule has 1 aliphatic carbocycles. The highest BCUT2D eigenvalue weighted by molar-refractivity contribution is 7.90. The first-order chi connectivity index (χ1) is 11.0. The summed E-state index contributed by atoms with van der Waals surface area (Å²) in [6.07, 6.45) is 2.57. The number of hydrogen-bond acceptors (Lipinski definition) is 4. The van der Waals surface area contributed by atoms with Gasteiger partial charge in [-0.05, 0) is 38.3 Å². The summed E-state index contributed by atoms with van der Waals surface area (Å²) in [4.78, 5) is 18.7. The van der Waals surface area contributed by atoms with Crippen LogP contribution in [-0.2, 0) is 21.4 Å². The Morgan fingerprint density at radius 2 is 2.00 bits per heavy atom. The fraction of sp³-hybridized carbons (Fsp3) is 0.625. The van der Waals surface area contributed by atoms with Gasteiger partial charge in [0.1, 0.15) is 0 Å². The molecule has 1 aromatic rings. The van der Waals surface area contributed by atoms with Gasteiger partial charge >= 0.3 is 0 Å². The van der Waals surface area contributed by atoms with Crippen molar-refractivity contribution in [1.82, 2.24) is 14.2 Å². The van der Waals surface area contributed by atoms with Crippen LogP contribution in [0.5, 0.6) is 0 Å². The maximum atomic E-state index is 12.5. The van der Waals surface area contributed by atoms with Crippen molar-refractivity contribution in [3.8, 4) is 0 Å². The molecule has 0 bridgehead atoms. The van der Waals surface area contributed by atoms with Gasteiger partial charge in [-0.2, -0.15) is 4.31 Å². The third kappa shape index (κ3) is 2.55. The summed E-state index contributed by atoms with van der Waals surface area (Å²) in [6.45, 7) is 2.94. The number of aryl methyl sites for hydroxylation is 1. The molecule has 0 N–H and O–H groups in total. The van der Waals surface area contributed by atoms with Crippen molar-refractivity contribution in [2.75, 3.05) is 6.54 Å². The topological polar surface area (TPSA) is 70.6 Å². The van der Waals surface area contributed by atoms with E-state index in [1.54, 1.807) is 4.31 Å². The van der Waals surface area contributed by atoms with Crippen molar-refractivity contribution >= 4 is 15.9 Å². The van der Waals surface area contributed by atoms with Crippen LogP contribution in [0.1, 0.15) is 37.1 Å². The molecule has 3 heterocycles. The number of carbonyl (C=O) groups excluding carboxylic acids is 1. The Hall–Kier alpha value is -1.47. The van der Waals surface area contributed by atoms with E-state index in [1.165, 1.54) is 0 Å². The first-order valence-electron chi connectivity index (χ1n) is 8.19. The lowest BCUT2D eigenvalue weighted by Gasteiger charge is -2.25.